The second-order valence-corrected chi connectivity index (χ2v) is 4.53. The van der Waals surface area contributed by atoms with Gasteiger partial charge < -0.3 is 10.0 Å². The van der Waals surface area contributed by atoms with Gasteiger partial charge in [-0.3, -0.25) is 0 Å². The number of hydrogen-bond acceptors (Lipinski definition) is 2. The zero-order valence-corrected chi connectivity index (χ0v) is 9.07. The van der Waals surface area contributed by atoms with Crippen LogP contribution in [0, 0.1) is 11.7 Å². The highest BCUT2D eigenvalue weighted by Crippen LogP contribution is 2.36. The zero-order valence-electron chi connectivity index (χ0n) is 9.07. The summed E-state index contributed by atoms with van der Waals surface area (Å²) >= 11 is 0. The molecule has 2 atom stereocenters. The third-order valence-corrected chi connectivity index (χ3v) is 3.24. The molecule has 82 valence electrons. The topological polar surface area (TPSA) is 23.5 Å². The van der Waals surface area contributed by atoms with Gasteiger partial charge in [0, 0.05) is 19.0 Å². The number of likely N-dealkylation sites (N-methyl/N-ethyl adjacent to an activating group) is 1. The first kappa shape index (κ1) is 10.6. The quantitative estimate of drug-likeness (QED) is 0.759. The fourth-order valence-electron chi connectivity index (χ4n) is 2.38. The van der Waals surface area contributed by atoms with Crippen molar-refractivity contribution < 1.29 is 9.50 Å². The molecule has 0 spiro atoms. The molecule has 1 aromatic carbocycles. The Morgan fingerprint density at radius 3 is 2.80 bits per heavy atom. The molecule has 2 unspecified atom stereocenters. The lowest BCUT2D eigenvalue weighted by atomic mass is 9.85. The van der Waals surface area contributed by atoms with Crippen molar-refractivity contribution in [1.29, 1.82) is 0 Å². The van der Waals surface area contributed by atoms with Crippen LogP contribution in [0.25, 0.3) is 0 Å². The maximum absolute atomic E-state index is 13.1. The summed E-state index contributed by atoms with van der Waals surface area (Å²) in [4.78, 5) is 2.07. The van der Waals surface area contributed by atoms with Gasteiger partial charge in [-0.2, -0.15) is 0 Å². The second-order valence-electron chi connectivity index (χ2n) is 4.53. The summed E-state index contributed by atoms with van der Waals surface area (Å²) in [6.45, 7) is 3.40. The number of β-amino-alcohol motifs (C(OH)–C–C–N with tert-alkyl or cyclic N) is 1. The molecule has 1 saturated heterocycles. The molecule has 0 saturated carbocycles. The van der Waals surface area contributed by atoms with Crippen LogP contribution in [0.2, 0.25) is 0 Å². The molecule has 1 N–H and O–H groups in total. The molecule has 1 aromatic rings. The molecular weight excluding hydrogens is 193 g/mol. The lowest BCUT2D eigenvalue weighted by Gasteiger charge is -2.27. The molecule has 2 nitrogen and oxygen atoms in total. The van der Waals surface area contributed by atoms with Crippen LogP contribution in [0.3, 0.4) is 0 Å². The summed E-state index contributed by atoms with van der Waals surface area (Å²) in [6.07, 6.45) is 0. The summed E-state index contributed by atoms with van der Waals surface area (Å²) in [5, 5.41) is 10.5. The Bertz CT molecular complexity index is 368. The van der Waals surface area contributed by atoms with Gasteiger partial charge in [-0.1, -0.05) is 19.1 Å². The first-order chi connectivity index (χ1) is 7.02. The van der Waals surface area contributed by atoms with Crippen LogP contribution < -0.4 is 0 Å². The van der Waals surface area contributed by atoms with E-state index in [0.29, 0.717) is 12.1 Å². The normalized spacial score (nSPS) is 32.1. The first-order valence-corrected chi connectivity index (χ1v) is 5.19. The van der Waals surface area contributed by atoms with Gasteiger partial charge in [0.25, 0.3) is 0 Å². The highest BCUT2D eigenvalue weighted by Gasteiger charge is 2.42. The number of rotatable bonds is 1. The van der Waals surface area contributed by atoms with E-state index in [1.54, 1.807) is 12.1 Å². The van der Waals surface area contributed by atoms with E-state index in [1.807, 2.05) is 14.0 Å². The fourth-order valence-corrected chi connectivity index (χ4v) is 2.38. The van der Waals surface area contributed by atoms with E-state index in [2.05, 4.69) is 4.90 Å². The van der Waals surface area contributed by atoms with E-state index < -0.39 is 5.60 Å². The van der Waals surface area contributed by atoms with E-state index >= 15 is 0 Å². The van der Waals surface area contributed by atoms with Gasteiger partial charge in [-0.05, 0) is 24.7 Å². The van der Waals surface area contributed by atoms with Crippen molar-refractivity contribution in [2.45, 2.75) is 12.5 Å². The number of halogens is 1. The lowest BCUT2D eigenvalue weighted by Crippen LogP contribution is -2.33. The number of aliphatic hydroxyl groups is 1. The Morgan fingerprint density at radius 1 is 1.53 bits per heavy atom. The maximum Gasteiger partial charge on any atom is 0.123 e. The van der Waals surface area contributed by atoms with Crippen molar-refractivity contribution >= 4 is 0 Å². The van der Waals surface area contributed by atoms with E-state index in [0.717, 1.165) is 6.54 Å². The summed E-state index contributed by atoms with van der Waals surface area (Å²) in [6, 6.07) is 6.26. The van der Waals surface area contributed by atoms with E-state index in [4.69, 9.17) is 0 Å². The van der Waals surface area contributed by atoms with Gasteiger partial charge >= 0.3 is 0 Å². The number of nitrogens with zero attached hydrogens (tertiary/aromatic N) is 1. The summed E-state index contributed by atoms with van der Waals surface area (Å²) in [5.41, 5.74) is -0.226. The standard InChI is InChI=1S/C12H16FNO/c1-9-7-14(2)8-12(9,15)10-4-3-5-11(13)6-10/h3-6,9,15H,7-8H2,1-2H3. The molecule has 1 aliphatic heterocycles. The highest BCUT2D eigenvalue weighted by atomic mass is 19.1. The van der Waals surface area contributed by atoms with E-state index in [9.17, 15) is 9.50 Å². The largest absolute Gasteiger partial charge is 0.383 e. The van der Waals surface area contributed by atoms with E-state index in [-0.39, 0.29) is 11.7 Å². The van der Waals surface area contributed by atoms with Crippen LogP contribution in [0.1, 0.15) is 12.5 Å². The lowest BCUT2D eigenvalue weighted by molar-refractivity contribution is 0.0143. The van der Waals surface area contributed by atoms with Crippen molar-refractivity contribution in [3.63, 3.8) is 0 Å². The van der Waals surface area contributed by atoms with Crippen LogP contribution in [-0.2, 0) is 5.60 Å². The second kappa shape index (κ2) is 3.58. The van der Waals surface area contributed by atoms with Gasteiger partial charge in [0.05, 0.1) is 0 Å². The molecule has 0 radical (unpaired) electrons. The van der Waals surface area contributed by atoms with Crippen molar-refractivity contribution in [1.82, 2.24) is 4.90 Å². The molecule has 1 aliphatic rings. The Kier molecular flexibility index (Phi) is 2.52. The van der Waals surface area contributed by atoms with Crippen molar-refractivity contribution in [3.8, 4) is 0 Å². The minimum absolute atomic E-state index is 0.129. The van der Waals surface area contributed by atoms with E-state index in [1.165, 1.54) is 12.1 Å². The fraction of sp³-hybridized carbons (Fsp3) is 0.500. The number of likely N-dealkylation sites (tertiary alicyclic amines) is 1. The zero-order chi connectivity index (χ0) is 11.1. The Hall–Kier alpha value is -0.930. The SMILES string of the molecule is CC1CN(C)CC1(O)c1cccc(F)c1. The molecular formula is C12H16FNO. The average Bonchev–Trinajstić information content (AvgIpc) is 2.42. The minimum atomic E-state index is -0.906. The molecule has 0 amide bonds. The van der Waals surface area contributed by atoms with Gasteiger partial charge in [-0.25, -0.2) is 4.39 Å². The minimum Gasteiger partial charge on any atom is -0.383 e. The summed E-state index contributed by atoms with van der Waals surface area (Å²) in [5.74, 6) is -0.160. The molecule has 1 fully saturated rings. The Balaban J connectivity index is 2.37. The molecule has 2 rings (SSSR count). The average molecular weight is 209 g/mol. The van der Waals surface area contributed by atoms with Crippen LogP contribution in [-0.4, -0.2) is 30.1 Å². The van der Waals surface area contributed by atoms with Crippen LogP contribution >= 0.6 is 0 Å². The van der Waals surface area contributed by atoms with Crippen LogP contribution in [0.15, 0.2) is 24.3 Å². The molecule has 0 aromatic heterocycles. The van der Waals surface area contributed by atoms with Crippen LogP contribution in [0.5, 0.6) is 0 Å². The van der Waals surface area contributed by atoms with Crippen molar-refractivity contribution in [2.24, 2.45) is 5.92 Å². The summed E-state index contributed by atoms with van der Waals surface area (Å²) in [7, 11) is 1.97. The van der Waals surface area contributed by atoms with Gasteiger partial charge in [0.2, 0.25) is 0 Å². The third-order valence-electron chi connectivity index (χ3n) is 3.24. The summed E-state index contributed by atoms with van der Waals surface area (Å²) < 4.78 is 13.1. The van der Waals surface area contributed by atoms with Crippen LogP contribution in [0.4, 0.5) is 4.39 Å². The van der Waals surface area contributed by atoms with Crippen molar-refractivity contribution in [3.05, 3.63) is 35.6 Å². The van der Waals surface area contributed by atoms with Gasteiger partial charge in [-0.15, -0.1) is 0 Å². The van der Waals surface area contributed by atoms with Gasteiger partial charge in [0.1, 0.15) is 11.4 Å². The first-order valence-electron chi connectivity index (χ1n) is 5.19. The number of benzene rings is 1. The Labute approximate surface area is 89.3 Å². The van der Waals surface area contributed by atoms with Crippen molar-refractivity contribution in [2.75, 3.05) is 20.1 Å². The Morgan fingerprint density at radius 2 is 2.27 bits per heavy atom. The van der Waals surface area contributed by atoms with Gasteiger partial charge in [0.15, 0.2) is 0 Å². The predicted molar refractivity (Wildman–Crippen MR) is 57.0 cm³/mol. The molecule has 15 heavy (non-hydrogen) atoms. The monoisotopic (exact) mass is 209 g/mol. The maximum atomic E-state index is 13.1. The number of hydrogen-bond donors (Lipinski definition) is 1. The molecule has 1 heterocycles. The third kappa shape index (κ3) is 1.77. The molecule has 3 heteroatoms. The molecule has 0 aliphatic carbocycles. The predicted octanol–water partition coefficient (Wildman–Crippen LogP) is 1.59. The smallest absolute Gasteiger partial charge is 0.123 e. The highest BCUT2D eigenvalue weighted by molar-refractivity contribution is 5.26. The molecule has 0 bridgehead atoms.